The van der Waals surface area contributed by atoms with E-state index in [0.717, 1.165) is 19.3 Å². The van der Waals surface area contributed by atoms with Gasteiger partial charge < -0.3 is 14.8 Å². The van der Waals surface area contributed by atoms with Gasteiger partial charge in [0.05, 0.1) is 7.11 Å². The number of hydrogen-bond acceptors (Lipinski definition) is 4. The summed E-state index contributed by atoms with van der Waals surface area (Å²) in [4.78, 5) is 23.1. The van der Waals surface area contributed by atoms with Crippen molar-refractivity contribution in [3.05, 3.63) is 30.1 Å². The van der Waals surface area contributed by atoms with Crippen molar-refractivity contribution in [2.45, 2.75) is 45.1 Å². The zero-order valence-electron chi connectivity index (χ0n) is 13.9. The van der Waals surface area contributed by atoms with Crippen molar-refractivity contribution in [1.29, 1.82) is 0 Å². The van der Waals surface area contributed by atoms with Gasteiger partial charge in [-0.2, -0.15) is 0 Å². The van der Waals surface area contributed by atoms with E-state index < -0.39 is 5.60 Å². The number of carbonyl (C=O) groups excluding carboxylic acids is 2. The smallest absolute Gasteiger partial charge is 0.305 e. The van der Waals surface area contributed by atoms with E-state index in [-0.39, 0.29) is 17.7 Å². The molecule has 0 heterocycles. The summed E-state index contributed by atoms with van der Waals surface area (Å²) in [6.07, 6.45) is 2.73. The molecule has 23 heavy (non-hydrogen) atoms. The molecule has 5 nitrogen and oxygen atoms in total. The first-order valence-corrected chi connectivity index (χ1v) is 7.65. The topological polar surface area (TPSA) is 64.6 Å². The molecule has 0 spiro atoms. The van der Waals surface area contributed by atoms with Crippen LogP contribution in [0.4, 0.5) is 4.39 Å². The van der Waals surface area contributed by atoms with E-state index in [2.05, 4.69) is 10.1 Å². The maximum absolute atomic E-state index is 12.9. The molecular weight excluding hydrogens is 301 g/mol. The van der Waals surface area contributed by atoms with Gasteiger partial charge >= 0.3 is 5.97 Å². The summed E-state index contributed by atoms with van der Waals surface area (Å²) < 4.78 is 23.0. The van der Waals surface area contributed by atoms with Crippen LogP contribution in [0.5, 0.6) is 5.75 Å². The predicted octanol–water partition coefficient (Wildman–Crippen LogP) is 2.83. The number of amides is 1. The van der Waals surface area contributed by atoms with E-state index in [4.69, 9.17) is 4.74 Å². The van der Waals surface area contributed by atoms with Crippen LogP contribution in [-0.2, 0) is 14.3 Å². The van der Waals surface area contributed by atoms with Crippen LogP contribution in [0.1, 0.15) is 39.5 Å². The minimum atomic E-state index is -1.05. The number of methoxy groups -OCH3 is 1. The number of hydrogen-bond donors (Lipinski definition) is 1. The molecule has 128 valence electrons. The van der Waals surface area contributed by atoms with Gasteiger partial charge in [-0.15, -0.1) is 0 Å². The molecule has 0 fully saturated rings. The quantitative estimate of drug-likeness (QED) is 0.560. The van der Waals surface area contributed by atoms with Crippen LogP contribution in [0.2, 0.25) is 0 Å². The Morgan fingerprint density at radius 2 is 1.78 bits per heavy atom. The van der Waals surface area contributed by atoms with Crippen LogP contribution < -0.4 is 10.1 Å². The fourth-order valence-electron chi connectivity index (χ4n) is 1.93. The van der Waals surface area contributed by atoms with Crippen LogP contribution in [0.3, 0.4) is 0 Å². The highest BCUT2D eigenvalue weighted by atomic mass is 19.1. The third kappa shape index (κ3) is 7.13. The number of unbranched alkanes of at least 4 members (excludes halogenated alkanes) is 2. The number of nitrogens with one attached hydrogen (secondary N) is 1. The second-order valence-corrected chi connectivity index (χ2v) is 5.71. The van der Waals surface area contributed by atoms with E-state index in [1.165, 1.54) is 31.4 Å². The highest BCUT2D eigenvalue weighted by Crippen LogP contribution is 2.18. The van der Waals surface area contributed by atoms with E-state index in [1.54, 1.807) is 13.8 Å². The number of halogens is 1. The first-order valence-electron chi connectivity index (χ1n) is 7.65. The molecule has 6 heteroatoms. The average Bonchev–Trinajstić information content (AvgIpc) is 2.52. The molecule has 1 aromatic carbocycles. The lowest BCUT2D eigenvalue weighted by Gasteiger charge is -2.25. The lowest BCUT2D eigenvalue weighted by molar-refractivity contribution is -0.140. The lowest BCUT2D eigenvalue weighted by Crippen LogP contribution is -2.46. The molecule has 0 atom stereocenters. The largest absolute Gasteiger partial charge is 0.478 e. The molecule has 1 N–H and O–H groups in total. The fourth-order valence-corrected chi connectivity index (χ4v) is 1.93. The predicted molar refractivity (Wildman–Crippen MR) is 84.6 cm³/mol. The van der Waals surface area contributed by atoms with Gasteiger partial charge in [-0.1, -0.05) is 6.42 Å². The molecule has 0 aliphatic carbocycles. The molecular formula is C17H24FNO4. The van der Waals surface area contributed by atoms with Crippen LogP contribution in [0.15, 0.2) is 24.3 Å². The third-order valence-electron chi connectivity index (χ3n) is 3.30. The van der Waals surface area contributed by atoms with Crippen molar-refractivity contribution in [3.63, 3.8) is 0 Å². The van der Waals surface area contributed by atoms with E-state index in [0.29, 0.717) is 18.7 Å². The zero-order chi connectivity index (χ0) is 17.3. The number of ether oxygens (including phenoxy) is 2. The van der Waals surface area contributed by atoms with Gasteiger partial charge in [-0.05, 0) is 51.0 Å². The molecule has 0 unspecified atom stereocenters. The molecule has 0 radical (unpaired) electrons. The minimum absolute atomic E-state index is 0.220. The van der Waals surface area contributed by atoms with Gasteiger partial charge in [0.1, 0.15) is 11.6 Å². The number of carbonyl (C=O) groups is 2. The van der Waals surface area contributed by atoms with E-state index in [9.17, 15) is 14.0 Å². The number of benzene rings is 1. The average molecular weight is 325 g/mol. The molecule has 1 amide bonds. The molecule has 0 aromatic heterocycles. The molecule has 0 saturated heterocycles. The third-order valence-corrected chi connectivity index (χ3v) is 3.30. The lowest BCUT2D eigenvalue weighted by atomic mass is 10.1. The van der Waals surface area contributed by atoms with Crippen molar-refractivity contribution in [2.75, 3.05) is 13.7 Å². The molecule has 0 bridgehead atoms. The Morgan fingerprint density at radius 3 is 2.39 bits per heavy atom. The summed E-state index contributed by atoms with van der Waals surface area (Å²) in [5, 5.41) is 2.80. The summed E-state index contributed by atoms with van der Waals surface area (Å²) in [5.41, 5.74) is -1.05. The van der Waals surface area contributed by atoms with Crippen LogP contribution in [-0.4, -0.2) is 31.1 Å². The van der Waals surface area contributed by atoms with Gasteiger partial charge in [0.25, 0.3) is 5.91 Å². The SMILES string of the molecule is COC(=O)CCCCCNC(=O)C(C)(C)Oc1ccc(F)cc1. The van der Waals surface area contributed by atoms with Crippen molar-refractivity contribution >= 4 is 11.9 Å². The summed E-state index contributed by atoms with van der Waals surface area (Å²) in [6.45, 7) is 3.82. The Labute approximate surface area is 136 Å². The van der Waals surface area contributed by atoms with Gasteiger partial charge in [0.15, 0.2) is 5.60 Å². The van der Waals surface area contributed by atoms with E-state index >= 15 is 0 Å². The Hall–Kier alpha value is -2.11. The number of rotatable bonds is 9. The maximum Gasteiger partial charge on any atom is 0.305 e. The fraction of sp³-hybridized carbons (Fsp3) is 0.529. The van der Waals surface area contributed by atoms with Crippen molar-refractivity contribution in [3.8, 4) is 5.75 Å². The van der Waals surface area contributed by atoms with E-state index in [1.807, 2.05) is 0 Å². The minimum Gasteiger partial charge on any atom is -0.478 e. The second-order valence-electron chi connectivity index (χ2n) is 5.71. The highest BCUT2D eigenvalue weighted by molar-refractivity contribution is 5.84. The Balaban J connectivity index is 2.29. The van der Waals surface area contributed by atoms with Crippen LogP contribution in [0, 0.1) is 5.82 Å². The van der Waals surface area contributed by atoms with Crippen molar-refractivity contribution < 1.29 is 23.5 Å². The summed E-state index contributed by atoms with van der Waals surface area (Å²) in [7, 11) is 1.37. The van der Waals surface area contributed by atoms with Gasteiger partial charge in [0, 0.05) is 13.0 Å². The monoisotopic (exact) mass is 325 g/mol. The number of esters is 1. The Kier molecular flexibility index (Phi) is 7.51. The van der Waals surface area contributed by atoms with Crippen LogP contribution >= 0.6 is 0 Å². The molecule has 0 aliphatic heterocycles. The van der Waals surface area contributed by atoms with Crippen LogP contribution in [0.25, 0.3) is 0 Å². The normalized spacial score (nSPS) is 11.0. The summed E-state index contributed by atoms with van der Waals surface area (Å²) in [6, 6.07) is 5.53. The zero-order valence-corrected chi connectivity index (χ0v) is 13.9. The Morgan fingerprint density at radius 1 is 1.13 bits per heavy atom. The Bertz CT molecular complexity index is 514. The van der Waals surface area contributed by atoms with Gasteiger partial charge in [-0.3, -0.25) is 9.59 Å². The molecule has 0 aliphatic rings. The van der Waals surface area contributed by atoms with Crippen molar-refractivity contribution in [1.82, 2.24) is 5.32 Å². The molecule has 0 saturated carbocycles. The standard InChI is InChI=1S/C17H24FNO4/c1-17(2,23-14-10-8-13(18)9-11-14)16(21)19-12-6-4-5-7-15(20)22-3/h8-11H,4-7,12H2,1-3H3,(H,19,21). The summed E-state index contributed by atoms with van der Waals surface area (Å²) in [5.74, 6) is -0.381. The molecule has 1 aromatic rings. The maximum atomic E-state index is 12.9. The highest BCUT2D eigenvalue weighted by Gasteiger charge is 2.29. The summed E-state index contributed by atoms with van der Waals surface area (Å²) >= 11 is 0. The first-order chi connectivity index (χ1) is 10.8. The van der Waals surface area contributed by atoms with Crippen molar-refractivity contribution in [2.24, 2.45) is 0 Å². The first kappa shape index (κ1) is 18.9. The molecule has 1 rings (SSSR count). The van der Waals surface area contributed by atoms with Gasteiger partial charge in [-0.25, -0.2) is 4.39 Å². The van der Waals surface area contributed by atoms with Gasteiger partial charge in [0.2, 0.25) is 0 Å². The second kappa shape index (κ2) is 9.12.